The van der Waals surface area contributed by atoms with E-state index in [1.54, 1.807) is 6.33 Å². The second kappa shape index (κ2) is 4.66. The van der Waals surface area contributed by atoms with Crippen LogP contribution in [-0.4, -0.2) is 29.0 Å². The van der Waals surface area contributed by atoms with Gasteiger partial charge in [-0.25, -0.2) is 4.98 Å². The molecule has 19 heavy (non-hydrogen) atoms. The number of aromatic amines is 1. The second-order valence-electron chi connectivity index (χ2n) is 5.41. The zero-order valence-electron chi connectivity index (χ0n) is 10.8. The van der Waals surface area contributed by atoms with Gasteiger partial charge >= 0.3 is 0 Å². The number of fused-ring (bicyclic) bond motifs is 1. The van der Waals surface area contributed by atoms with Crippen LogP contribution in [0.2, 0.25) is 0 Å². The maximum absolute atomic E-state index is 11.9. The number of nitrogens with one attached hydrogen (secondary N) is 2. The summed E-state index contributed by atoms with van der Waals surface area (Å²) in [6.07, 6.45) is 4.32. The number of aromatic nitrogens is 2. The third-order valence-electron chi connectivity index (χ3n) is 3.90. The number of carbonyl (C=O) groups is 1. The van der Waals surface area contributed by atoms with Gasteiger partial charge in [-0.2, -0.15) is 0 Å². The average Bonchev–Trinajstić information content (AvgIpc) is 3.06. The van der Waals surface area contributed by atoms with Crippen LogP contribution in [0.5, 0.6) is 0 Å². The second-order valence-corrected chi connectivity index (χ2v) is 5.41. The molecule has 0 bridgehead atoms. The summed E-state index contributed by atoms with van der Waals surface area (Å²) in [7, 11) is 0. The first-order valence-corrected chi connectivity index (χ1v) is 6.60. The third kappa shape index (κ3) is 2.61. The molecule has 1 fully saturated rings. The van der Waals surface area contributed by atoms with E-state index >= 15 is 0 Å². The number of benzene rings is 1. The van der Waals surface area contributed by atoms with Crippen LogP contribution in [0.15, 0.2) is 24.5 Å². The van der Waals surface area contributed by atoms with Crippen molar-refractivity contribution in [2.75, 3.05) is 13.1 Å². The van der Waals surface area contributed by atoms with Gasteiger partial charge in [-0.15, -0.1) is 0 Å². The van der Waals surface area contributed by atoms with Crippen LogP contribution >= 0.6 is 0 Å². The van der Waals surface area contributed by atoms with E-state index in [2.05, 4.69) is 15.3 Å². The van der Waals surface area contributed by atoms with Crippen LogP contribution < -0.4 is 11.1 Å². The number of hydrogen-bond donors (Lipinski definition) is 3. The molecule has 0 spiro atoms. The van der Waals surface area contributed by atoms with Crippen molar-refractivity contribution in [3.63, 3.8) is 0 Å². The molecule has 1 aromatic carbocycles. The summed E-state index contributed by atoms with van der Waals surface area (Å²) in [5.41, 5.74) is 8.76. The molecule has 4 N–H and O–H groups in total. The molecule has 1 heterocycles. The highest BCUT2D eigenvalue weighted by Crippen LogP contribution is 2.43. The zero-order valence-corrected chi connectivity index (χ0v) is 10.8. The number of carbonyl (C=O) groups excluding carboxylic acids is 1. The molecular formula is C14H18N4O. The van der Waals surface area contributed by atoms with Crippen LogP contribution in [0, 0.1) is 5.41 Å². The molecule has 100 valence electrons. The normalized spacial score (nSPS) is 16.5. The van der Waals surface area contributed by atoms with E-state index in [-0.39, 0.29) is 11.3 Å². The van der Waals surface area contributed by atoms with Crippen LogP contribution in [0.1, 0.15) is 18.4 Å². The van der Waals surface area contributed by atoms with Crippen LogP contribution in [0.4, 0.5) is 0 Å². The molecule has 0 saturated heterocycles. The first kappa shape index (κ1) is 12.2. The summed E-state index contributed by atoms with van der Waals surface area (Å²) in [6.45, 7) is 1.36. The molecule has 0 radical (unpaired) electrons. The summed E-state index contributed by atoms with van der Waals surface area (Å²) in [6, 6.07) is 5.84. The largest absolute Gasteiger partial charge is 0.355 e. The van der Waals surface area contributed by atoms with E-state index < -0.39 is 0 Å². The Balaban J connectivity index is 1.59. The fraction of sp³-hybridized carbons (Fsp3) is 0.429. The molecule has 1 aliphatic rings. The van der Waals surface area contributed by atoms with Crippen LogP contribution in [0.3, 0.4) is 0 Å². The van der Waals surface area contributed by atoms with Crippen molar-refractivity contribution in [3.8, 4) is 0 Å². The van der Waals surface area contributed by atoms with Crippen molar-refractivity contribution < 1.29 is 4.79 Å². The predicted molar refractivity (Wildman–Crippen MR) is 73.5 cm³/mol. The lowest BCUT2D eigenvalue weighted by Gasteiger charge is -2.13. The molecule has 3 rings (SSSR count). The van der Waals surface area contributed by atoms with E-state index in [9.17, 15) is 4.79 Å². The van der Waals surface area contributed by atoms with Crippen molar-refractivity contribution in [1.82, 2.24) is 15.3 Å². The number of H-pyrrole nitrogens is 1. The van der Waals surface area contributed by atoms with Gasteiger partial charge in [0, 0.05) is 6.54 Å². The average molecular weight is 258 g/mol. The number of amides is 1. The highest BCUT2D eigenvalue weighted by atomic mass is 16.1. The molecule has 0 unspecified atom stereocenters. The molecule has 2 aromatic rings. The van der Waals surface area contributed by atoms with Gasteiger partial charge < -0.3 is 16.0 Å². The summed E-state index contributed by atoms with van der Waals surface area (Å²) in [5, 5.41) is 2.98. The standard InChI is InChI=1S/C14H18N4O/c15-7-14(3-4-14)8-16-13(19)6-10-1-2-11-12(5-10)18-9-17-11/h1-2,5,9H,3-4,6-8,15H2,(H,16,19)(H,17,18). The quantitative estimate of drug-likeness (QED) is 0.747. The smallest absolute Gasteiger partial charge is 0.224 e. The number of nitrogens with zero attached hydrogens (tertiary/aromatic N) is 1. The Kier molecular flexibility index (Phi) is 2.98. The number of rotatable bonds is 5. The Labute approximate surface area is 111 Å². The lowest BCUT2D eigenvalue weighted by Crippen LogP contribution is -2.34. The van der Waals surface area contributed by atoms with Crippen molar-refractivity contribution in [2.24, 2.45) is 11.1 Å². The van der Waals surface area contributed by atoms with Gasteiger partial charge in [0.05, 0.1) is 23.8 Å². The minimum absolute atomic E-state index is 0.0543. The Morgan fingerprint density at radius 2 is 2.32 bits per heavy atom. The van der Waals surface area contributed by atoms with Gasteiger partial charge in [0.15, 0.2) is 0 Å². The maximum atomic E-state index is 11.9. The Hall–Kier alpha value is -1.88. The van der Waals surface area contributed by atoms with E-state index in [1.807, 2.05) is 18.2 Å². The maximum Gasteiger partial charge on any atom is 0.224 e. The molecule has 5 nitrogen and oxygen atoms in total. The van der Waals surface area contributed by atoms with Gasteiger partial charge in [-0.3, -0.25) is 4.79 Å². The summed E-state index contributed by atoms with van der Waals surface area (Å²) >= 11 is 0. The molecule has 1 saturated carbocycles. The SMILES string of the molecule is NCC1(CNC(=O)Cc2ccc3nc[nH]c3c2)CC1. The molecule has 1 aromatic heterocycles. The minimum Gasteiger partial charge on any atom is -0.355 e. The highest BCUT2D eigenvalue weighted by molar-refractivity contribution is 5.81. The number of imidazole rings is 1. The molecule has 0 atom stereocenters. The van der Waals surface area contributed by atoms with Crippen molar-refractivity contribution >= 4 is 16.9 Å². The first-order valence-electron chi connectivity index (χ1n) is 6.60. The topological polar surface area (TPSA) is 83.8 Å². The van der Waals surface area contributed by atoms with Gasteiger partial charge in [0.2, 0.25) is 5.91 Å². The zero-order chi connectivity index (χ0) is 13.3. The minimum atomic E-state index is 0.0543. The van der Waals surface area contributed by atoms with E-state index in [0.717, 1.165) is 29.4 Å². The highest BCUT2D eigenvalue weighted by Gasteiger charge is 2.41. The summed E-state index contributed by atoms with van der Waals surface area (Å²) in [4.78, 5) is 19.1. The van der Waals surface area contributed by atoms with Crippen LogP contribution in [0.25, 0.3) is 11.0 Å². The lowest BCUT2D eigenvalue weighted by molar-refractivity contribution is -0.120. The fourth-order valence-corrected chi connectivity index (χ4v) is 2.26. The van der Waals surface area contributed by atoms with Gasteiger partial charge in [-0.1, -0.05) is 6.07 Å². The number of hydrogen-bond acceptors (Lipinski definition) is 3. The lowest BCUT2D eigenvalue weighted by atomic mass is 10.1. The van der Waals surface area contributed by atoms with Crippen molar-refractivity contribution in [1.29, 1.82) is 0 Å². The molecule has 0 aliphatic heterocycles. The third-order valence-corrected chi connectivity index (χ3v) is 3.90. The van der Waals surface area contributed by atoms with Gasteiger partial charge in [0.1, 0.15) is 0 Å². The van der Waals surface area contributed by atoms with Gasteiger partial charge in [-0.05, 0) is 42.5 Å². The number of nitrogens with two attached hydrogens (primary N) is 1. The Morgan fingerprint density at radius 3 is 3.05 bits per heavy atom. The first-order chi connectivity index (χ1) is 9.21. The van der Waals surface area contributed by atoms with E-state index in [0.29, 0.717) is 19.5 Å². The Morgan fingerprint density at radius 1 is 1.47 bits per heavy atom. The van der Waals surface area contributed by atoms with Gasteiger partial charge in [0.25, 0.3) is 0 Å². The van der Waals surface area contributed by atoms with Crippen LogP contribution in [-0.2, 0) is 11.2 Å². The molecule has 1 aliphatic carbocycles. The predicted octanol–water partition coefficient (Wildman–Crippen LogP) is 0.961. The Bertz CT molecular complexity index is 600. The monoisotopic (exact) mass is 258 g/mol. The summed E-state index contributed by atoms with van der Waals surface area (Å²) < 4.78 is 0. The molecular weight excluding hydrogens is 240 g/mol. The van der Waals surface area contributed by atoms with E-state index in [4.69, 9.17) is 5.73 Å². The van der Waals surface area contributed by atoms with Crippen molar-refractivity contribution in [2.45, 2.75) is 19.3 Å². The van der Waals surface area contributed by atoms with Crippen molar-refractivity contribution in [3.05, 3.63) is 30.1 Å². The molecule has 5 heteroatoms. The molecule has 1 amide bonds. The van der Waals surface area contributed by atoms with E-state index in [1.165, 1.54) is 0 Å². The fourth-order valence-electron chi connectivity index (χ4n) is 2.26. The summed E-state index contributed by atoms with van der Waals surface area (Å²) in [5.74, 6) is 0.0543.